The third-order valence-corrected chi connectivity index (χ3v) is 1.98. The van der Waals surface area contributed by atoms with Gasteiger partial charge in [0.05, 0.1) is 5.56 Å². The SMILES string of the molecule is Cl.N#Cc1ccccc1Oc1ccccc1. The molecule has 0 atom stereocenters. The van der Waals surface area contributed by atoms with Crippen LogP contribution < -0.4 is 4.74 Å². The highest BCUT2D eigenvalue weighted by Crippen LogP contribution is 2.23. The van der Waals surface area contributed by atoms with E-state index in [1.54, 1.807) is 12.1 Å². The fraction of sp³-hybridized carbons (Fsp3) is 0. The van der Waals surface area contributed by atoms with Crippen LogP contribution in [0, 0.1) is 11.3 Å². The number of para-hydroxylation sites is 2. The number of nitrogens with zero attached hydrogens (tertiary/aromatic N) is 1. The molecule has 0 aliphatic heterocycles. The Bertz CT molecular complexity index is 491. The zero-order valence-electron chi connectivity index (χ0n) is 8.46. The number of rotatable bonds is 2. The van der Waals surface area contributed by atoms with Gasteiger partial charge < -0.3 is 4.74 Å². The molecule has 0 spiro atoms. The van der Waals surface area contributed by atoms with Gasteiger partial charge in [-0.15, -0.1) is 12.4 Å². The summed E-state index contributed by atoms with van der Waals surface area (Å²) < 4.78 is 5.58. The van der Waals surface area contributed by atoms with Crippen LogP contribution >= 0.6 is 12.4 Å². The Morgan fingerprint density at radius 3 is 2.19 bits per heavy atom. The summed E-state index contributed by atoms with van der Waals surface area (Å²) in [7, 11) is 0. The van der Waals surface area contributed by atoms with E-state index in [9.17, 15) is 0 Å². The fourth-order valence-electron chi connectivity index (χ4n) is 1.26. The van der Waals surface area contributed by atoms with Crippen molar-refractivity contribution >= 4 is 12.4 Å². The molecule has 0 aromatic heterocycles. The van der Waals surface area contributed by atoms with E-state index in [2.05, 4.69) is 6.07 Å². The zero-order chi connectivity index (χ0) is 10.5. The lowest BCUT2D eigenvalue weighted by Crippen LogP contribution is -1.86. The lowest BCUT2D eigenvalue weighted by molar-refractivity contribution is 0.481. The average Bonchev–Trinajstić information content (AvgIpc) is 2.31. The van der Waals surface area contributed by atoms with E-state index in [0.717, 1.165) is 5.75 Å². The molecule has 2 aromatic carbocycles. The lowest BCUT2D eigenvalue weighted by Gasteiger charge is -2.06. The maximum absolute atomic E-state index is 8.87. The van der Waals surface area contributed by atoms with Crippen molar-refractivity contribution in [1.29, 1.82) is 5.26 Å². The Kier molecular flexibility index (Phi) is 4.38. The van der Waals surface area contributed by atoms with Crippen molar-refractivity contribution in [3.8, 4) is 17.6 Å². The van der Waals surface area contributed by atoms with Crippen molar-refractivity contribution in [2.75, 3.05) is 0 Å². The third-order valence-electron chi connectivity index (χ3n) is 1.98. The second kappa shape index (κ2) is 5.79. The van der Waals surface area contributed by atoms with Crippen LogP contribution in [0.4, 0.5) is 0 Å². The first-order valence-corrected chi connectivity index (χ1v) is 4.62. The number of hydrogen-bond donors (Lipinski definition) is 0. The third kappa shape index (κ3) is 2.75. The Balaban J connectivity index is 0.00000128. The largest absolute Gasteiger partial charge is 0.456 e. The van der Waals surface area contributed by atoms with E-state index in [1.165, 1.54) is 0 Å². The Morgan fingerprint density at radius 1 is 0.875 bits per heavy atom. The molecule has 0 saturated carbocycles. The van der Waals surface area contributed by atoms with Crippen LogP contribution in [0.15, 0.2) is 54.6 Å². The standard InChI is InChI=1S/C13H9NO.ClH/c14-10-11-6-4-5-9-13(11)15-12-7-2-1-3-8-12;/h1-9H;1H. The minimum Gasteiger partial charge on any atom is -0.456 e. The van der Waals surface area contributed by atoms with Crippen LogP contribution in [-0.4, -0.2) is 0 Å². The molecule has 2 nitrogen and oxygen atoms in total. The molecule has 0 aliphatic rings. The summed E-state index contributed by atoms with van der Waals surface area (Å²) in [6.07, 6.45) is 0. The number of halogens is 1. The van der Waals surface area contributed by atoms with Gasteiger partial charge >= 0.3 is 0 Å². The number of benzene rings is 2. The van der Waals surface area contributed by atoms with Crippen molar-refractivity contribution in [2.45, 2.75) is 0 Å². The second-order valence-electron chi connectivity index (χ2n) is 3.02. The fourth-order valence-corrected chi connectivity index (χ4v) is 1.26. The van der Waals surface area contributed by atoms with Crippen molar-refractivity contribution in [3.05, 3.63) is 60.2 Å². The molecule has 2 rings (SSSR count). The molecule has 0 heterocycles. The van der Waals surface area contributed by atoms with Gasteiger partial charge in [-0.2, -0.15) is 5.26 Å². The number of hydrogen-bond acceptors (Lipinski definition) is 2. The smallest absolute Gasteiger partial charge is 0.145 e. The summed E-state index contributed by atoms with van der Waals surface area (Å²) in [6.45, 7) is 0. The van der Waals surface area contributed by atoms with E-state index in [-0.39, 0.29) is 12.4 Å². The minimum atomic E-state index is 0. The van der Waals surface area contributed by atoms with E-state index < -0.39 is 0 Å². The summed E-state index contributed by atoms with van der Waals surface area (Å²) in [6, 6.07) is 18.7. The van der Waals surface area contributed by atoms with Gasteiger partial charge in [-0.25, -0.2) is 0 Å². The van der Waals surface area contributed by atoms with Crippen molar-refractivity contribution < 1.29 is 4.74 Å². The summed E-state index contributed by atoms with van der Waals surface area (Å²) in [5.74, 6) is 1.33. The molecule has 0 saturated heterocycles. The maximum Gasteiger partial charge on any atom is 0.145 e. The molecule has 16 heavy (non-hydrogen) atoms. The van der Waals surface area contributed by atoms with Gasteiger partial charge in [0, 0.05) is 0 Å². The van der Waals surface area contributed by atoms with Crippen LogP contribution in [0.25, 0.3) is 0 Å². The van der Waals surface area contributed by atoms with E-state index in [0.29, 0.717) is 11.3 Å². The highest BCUT2D eigenvalue weighted by atomic mass is 35.5. The van der Waals surface area contributed by atoms with Gasteiger partial charge in [0.25, 0.3) is 0 Å². The van der Waals surface area contributed by atoms with E-state index >= 15 is 0 Å². The Labute approximate surface area is 101 Å². The predicted octanol–water partition coefficient (Wildman–Crippen LogP) is 3.77. The van der Waals surface area contributed by atoms with Crippen LogP contribution in [0.2, 0.25) is 0 Å². The van der Waals surface area contributed by atoms with Gasteiger partial charge in [0.15, 0.2) is 0 Å². The maximum atomic E-state index is 8.87. The Hall–Kier alpha value is -1.98. The van der Waals surface area contributed by atoms with E-state index in [1.807, 2.05) is 42.5 Å². The zero-order valence-corrected chi connectivity index (χ0v) is 9.28. The number of ether oxygens (including phenoxy) is 1. The molecule has 0 bridgehead atoms. The van der Waals surface area contributed by atoms with Gasteiger partial charge in [-0.1, -0.05) is 30.3 Å². The summed E-state index contributed by atoms with van der Waals surface area (Å²) >= 11 is 0. The van der Waals surface area contributed by atoms with Crippen LogP contribution in [0.5, 0.6) is 11.5 Å². The van der Waals surface area contributed by atoms with Gasteiger partial charge in [-0.3, -0.25) is 0 Å². The topological polar surface area (TPSA) is 33.0 Å². The highest BCUT2D eigenvalue weighted by Gasteiger charge is 2.01. The summed E-state index contributed by atoms with van der Waals surface area (Å²) in [5.41, 5.74) is 0.543. The molecule has 0 aliphatic carbocycles. The van der Waals surface area contributed by atoms with Crippen LogP contribution in [0.1, 0.15) is 5.56 Å². The van der Waals surface area contributed by atoms with Crippen molar-refractivity contribution in [3.63, 3.8) is 0 Å². The first-order valence-electron chi connectivity index (χ1n) is 4.62. The van der Waals surface area contributed by atoms with Gasteiger partial charge in [-0.05, 0) is 24.3 Å². The molecule has 3 heteroatoms. The molecule has 0 N–H and O–H groups in total. The lowest BCUT2D eigenvalue weighted by atomic mass is 10.2. The second-order valence-corrected chi connectivity index (χ2v) is 3.02. The molecule has 80 valence electrons. The van der Waals surface area contributed by atoms with Crippen LogP contribution in [0.3, 0.4) is 0 Å². The minimum absolute atomic E-state index is 0. The molecular formula is C13H10ClNO. The predicted molar refractivity (Wildman–Crippen MR) is 64.9 cm³/mol. The summed E-state index contributed by atoms with van der Waals surface area (Å²) in [5, 5.41) is 8.87. The van der Waals surface area contributed by atoms with Crippen molar-refractivity contribution in [1.82, 2.24) is 0 Å². The Morgan fingerprint density at radius 2 is 1.50 bits per heavy atom. The normalized spacial score (nSPS) is 8.69. The molecule has 0 fully saturated rings. The summed E-state index contributed by atoms with van der Waals surface area (Å²) in [4.78, 5) is 0. The quantitative estimate of drug-likeness (QED) is 0.788. The highest BCUT2D eigenvalue weighted by molar-refractivity contribution is 5.85. The molecule has 0 radical (unpaired) electrons. The van der Waals surface area contributed by atoms with Gasteiger partial charge in [0.1, 0.15) is 17.6 Å². The molecule has 0 unspecified atom stereocenters. The number of nitriles is 1. The van der Waals surface area contributed by atoms with Crippen molar-refractivity contribution in [2.24, 2.45) is 0 Å². The first-order chi connectivity index (χ1) is 7.40. The monoisotopic (exact) mass is 231 g/mol. The molecule has 0 amide bonds. The first kappa shape index (κ1) is 12.1. The molecular weight excluding hydrogens is 222 g/mol. The van der Waals surface area contributed by atoms with Crippen LogP contribution in [-0.2, 0) is 0 Å². The average molecular weight is 232 g/mol. The van der Waals surface area contributed by atoms with E-state index in [4.69, 9.17) is 10.00 Å². The molecule has 2 aromatic rings. The van der Waals surface area contributed by atoms with Gasteiger partial charge in [0.2, 0.25) is 0 Å².